The number of alkyl halides is 2. The van der Waals surface area contributed by atoms with E-state index in [1.165, 1.54) is 16.6 Å². The number of carbonyl (C=O) groups is 1. The Labute approximate surface area is 241 Å². The number of benzene rings is 2. The van der Waals surface area contributed by atoms with Gasteiger partial charge >= 0.3 is 6.61 Å². The van der Waals surface area contributed by atoms with Gasteiger partial charge in [-0.2, -0.15) is 13.1 Å². The number of rotatable bonds is 5. The van der Waals surface area contributed by atoms with Crippen molar-refractivity contribution < 1.29 is 26.7 Å². The van der Waals surface area contributed by atoms with Gasteiger partial charge in [0.05, 0.1) is 29.4 Å². The lowest BCUT2D eigenvalue weighted by molar-refractivity contribution is -0.0507. The van der Waals surface area contributed by atoms with Crippen molar-refractivity contribution in [1.82, 2.24) is 23.7 Å². The third kappa shape index (κ3) is 4.29. The maximum atomic E-state index is 13.4. The van der Waals surface area contributed by atoms with Gasteiger partial charge in [-0.05, 0) is 42.0 Å². The zero-order chi connectivity index (χ0) is 29.3. The van der Waals surface area contributed by atoms with Crippen LogP contribution in [-0.4, -0.2) is 84.2 Å². The van der Waals surface area contributed by atoms with Gasteiger partial charge in [0.2, 0.25) is 10.0 Å². The van der Waals surface area contributed by atoms with Crippen LogP contribution in [0.4, 0.5) is 14.6 Å². The average Bonchev–Trinajstić information content (AvgIpc) is 3.50. The molecule has 1 fully saturated rings. The van der Waals surface area contributed by atoms with Crippen LogP contribution in [0, 0.1) is 0 Å². The van der Waals surface area contributed by atoms with E-state index in [0.717, 1.165) is 28.0 Å². The quantitative estimate of drug-likeness (QED) is 0.346. The number of halogens is 2. The summed E-state index contributed by atoms with van der Waals surface area (Å²) < 4.78 is 58.8. The third-order valence-corrected chi connectivity index (χ3v) is 9.82. The molecule has 2 aromatic heterocycles. The molecule has 2 bridgehead atoms. The zero-order valence-electron chi connectivity index (χ0n) is 22.9. The number of fused-ring (bicyclic) bond motifs is 9. The van der Waals surface area contributed by atoms with Gasteiger partial charge in [-0.25, -0.2) is 18.4 Å². The van der Waals surface area contributed by atoms with Crippen molar-refractivity contribution in [2.45, 2.75) is 25.1 Å². The van der Waals surface area contributed by atoms with Crippen molar-refractivity contribution in [1.29, 1.82) is 0 Å². The van der Waals surface area contributed by atoms with E-state index >= 15 is 0 Å². The maximum absolute atomic E-state index is 13.4. The highest BCUT2D eigenvalue weighted by Crippen LogP contribution is 2.50. The Morgan fingerprint density at radius 2 is 1.76 bits per heavy atom. The first kappa shape index (κ1) is 26.8. The number of amides is 1. The minimum Gasteiger partial charge on any atom is -0.434 e. The number of hydrogen-bond donors (Lipinski definition) is 0. The minimum absolute atomic E-state index is 0.00193. The zero-order valence-corrected chi connectivity index (χ0v) is 23.8. The molecule has 3 aliphatic rings. The molecule has 0 spiro atoms. The van der Waals surface area contributed by atoms with Gasteiger partial charge in [-0.15, -0.1) is 0 Å². The molecular weight excluding hydrogens is 566 g/mol. The average molecular weight is 595 g/mol. The molecule has 42 heavy (non-hydrogen) atoms. The molecule has 10 nitrogen and oxygen atoms in total. The van der Waals surface area contributed by atoms with Gasteiger partial charge in [0, 0.05) is 62.5 Å². The molecule has 1 amide bonds. The van der Waals surface area contributed by atoms with Crippen LogP contribution in [0.15, 0.2) is 54.7 Å². The van der Waals surface area contributed by atoms with E-state index < -0.39 is 22.7 Å². The molecule has 0 saturated carbocycles. The number of nitrogens with zero attached hydrogens (tertiary/aromatic N) is 6. The van der Waals surface area contributed by atoms with Crippen LogP contribution in [0.2, 0.25) is 0 Å². The third-order valence-electron chi connectivity index (χ3n) is 8.52. The fourth-order valence-corrected chi connectivity index (χ4v) is 7.28. The fourth-order valence-electron chi connectivity index (χ4n) is 6.45. The number of aromatic nitrogens is 3. The Morgan fingerprint density at radius 1 is 1.00 bits per heavy atom. The molecule has 0 aliphatic carbocycles. The largest absolute Gasteiger partial charge is 0.434 e. The van der Waals surface area contributed by atoms with Crippen LogP contribution in [0.25, 0.3) is 22.2 Å². The Hall–Kier alpha value is -4.10. The van der Waals surface area contributed by atoms with Gasteiger partial charge in [-0.3, -0.25) is 4.79 Å². The molecule has 0 unspecified atom stereocenters. The number of piperazine rings is 1. The molecule has 5 heterocycles. The topological polar surface area (TPSA) is 101 Å². The number of imidazole rings is 1. The van der Waals surface area contributed by atoms with Crippen LogP contribution in [0.5, 0.6) is 5.75 Å². The summed E-state index contributed by atoms with van der Waals surface area (Å²) in [6.07, 6.45) is 3.52. The summed E-state index contributed by atoms with van der Waals surface area (Å²) in [5.41, 5.74) is 4.17. The molecule has 2 atom stereocenters. The molecule has 0 N–H and O–H groups in total. The Balaban J connectivity index is 1.25. The predicted molar refractivity (Wildman–Crippen MR) is 152 cm³/mol. The molecule has 4 aromatic rings. The molecule has 13 heteroatoms. The first-order valence-electron chi connectivity index (χ1n) is 13.6. The number of anilines is 1. The van der Waals surface area contributed by atoms with E-state index in [-0.39, 0.29) is 17.7 Å². The lowest BCUT2D eigenvalue weighted by Crippen LogP contribution is -2.48. The standard InChI is InChI=1S/C29H28F2N6O4S/c1-34-23-15-22(26-19(28(34)38)4-3-5-24(26)41-29(30)31)37-21-14-17(6-8-20(21)33-27(23)37)18-7-9-25(32-16-18)35-10-12-36(13-11-35)42(2,39)40/h3-9,14,16,22-23,29H,10-13,15H2,1-2H3/t22-,23-/m1/s1. The predicted octanol–water partition coefficient (Wildman–Crippen LogP) is 3.90. The molecule has 7 rings (SSSR count). The molecule has 0 radical (unpaired) electrons. The number of pyridine rings is 1. The molecule has 2 aromatic carbocycles. The first-order chi connectivity index (χ1) is 20.1. The smallest absolute Gasteiger partial charge is 0.387 e. The van der Waals surface area contributed by atoms with Gasteiger partial charge in [0.25, 0.3) is 5.91 Å². The van der Waals surface area contributed by atoms with Gasteiger partial charge in [0.1, 0.15) is 17.4 Å². The van der Waals surface area contributed by atoms with E-state index in [9.17, 15) is 22.0 Å². The highest BCUT2D eigenvalue weighted by atomic mass is 32.2. The lowest BCUT2D eigenvalue weighted by Gasteiger charge is -2.34. The minimum atomic E-state index is -3.21. The second-order valence-electron chi connectivity index (χ2n) is 10.9. The molecule has 218 valence electrons. The van der Waals surface area contributed by atoms with Crippen molar-refractivity contribution in [3.8, 4) is 16.9 Å². The van der Waals surface area contributed by atoms with Gasteiger partial charge in [0.15, 0.2) is 0 Å². The fraction of sp³-hybridized carbons (Fsp3) is 0.345. The van der Waals surface area contributed by atoms with Crippen LogP contribution >= 0.6 is 0 Å². The van der Waals surface area contributed by atoms with Crippen molar-refractivity contribution >= 4 is 32.8 Å². The second-order valence-corrected chi connectivity index (χ2v) is 12.9. The van der Waals surface area contributed by atoms with Crippen molar-refractivity contribution in [3.05, 3.63) is 71.7 Å². The van der Waals surface area contributed by atoms with Gasteiger partial charge in [-0.1, -0.05) is 12.1 Å². The summed E-state index contributed by atoms with van der Waals surface area (Å²) in [6, 6.07) is 13.8. The van der Waals surface area contributed by atoms with Crippen LogP contribution in [0.1, 0.15) is 40.3 Å². The monoisotopic (exact) mass is 594 g/mol. The first-order valence-corrected chi connectivity index (χ1v) is 15.5. The SMILES string of the molecule is CN1C(=O)c2cccc(OC(F)F)c2[C@H]2C[C@@H]1c1nc3ccc(-c4ccc(N5CCN(S(C)(=O)=O)CC5)nc4)cc3n12. The summed E-state index contributed by atoms with van der Waals surface area (Å²) in [7, 11) is -1.49. The van der Waals surface area contributed by atoms with Crippen molar-refractivity contribution in [2.24, 2.45) is 0 Å². The molecule has 1 saturated heterocycles. The second kappa shape index (κ2) is 9.73. The van der Waals surface area contributed by atoms with Crippen LogP contribution in [0.3, 0.4) is 0 Å². The number of carbonyl (C=O) groups excluding carboxylic acids is 1. The summed E-state index contributed by atoms with van der Waals surface area (Å²) >= 11 is 0. The summed E-state index contributed by atoms with van der Waals surface area (Å²) in [6.45, 7) is -1.06. The summed E-state index contributed by atoms with van der Waals surface area (Å²) in [5.74, 6) is 1.24. The highest BCUT2D eigenvalue weighted by molar-refractivity contribution is 7.88. The normalized spacial score (nSPS) is 20.6. The summed E-state index contributed by atoms with van der Waals surface area (Å²) in [5, 5.41) is 0. The summed E-state index contributed by atoms with van der Waals surface area (Å²) in [4.78, 5) is 26.6. The van der Waals surface area contributed by atoms with Crippen molar-refractivity contribution in [2.75, 3.05) is 44.4 Å². The van der Waals surface area contributed by atoms with Crippen LogP contribution in [-0.2, 0) is 10.0 Å². The lowest BCUT2D eigenvalue weighted by atomic mass is 9.97. The van der Waals surface area contributed by atoms with E-state index in [4.69, 9.17) is 9.72 Å². The Kier molecular flexibility index (Phi) is 6.21. The van der Waals surface area contributed by atoms with E-state index in [2.05, 4.69) is 9.88 Å². The highest BCUT2D eigenvalue weighted by Gasteiger charge is 2.45. The molecular formula is C29H28F2N6O4S. The maximum Gasteiger partial charge on any atom is 0.387 e. The molecule has 3 aliphatic heterocycles. The number of hydrogen-bond acceptors (Lipinski definition) is 7. The van der Waals surface area contributed by atoms with E-state index in [1.807, 2.05) is 34.9 Å². The van der Waals surface area contributed by atoms with Gasteiger partial charge < -0.3 is 19.1 Å². The van der Waals surface area contributed by atoms with Crippen LogP contribution < -0.4 is 9.64 Å². The van der Waals surface area contributed by atoms with E-state index in [1.54, 1.807) is 30.3 Å². The Morgan fingerprint density at radius 3 is 2.45 bits per heavy atom. The number of ether oxygens (including phenoxy) is 1. The van der Waals surface area contributed by atoms with Crippen molar-refractivity contribution in [3.63, 3.8) is 0 Å². The number of sulfonamides is 1. The Bertz CT molecular complexity index is 1820. The van der Waals surface area contributed by atoms with E-state index in [0.29, 0.717) is 49.6 Å².